The smallest absolute Gasteiger partial charge is 0.239 e. The van der Waals surface area contributed by atoms with E-state index in [1.165, 1.54) is 29.8 Å². The molecule has 6 heteroatoms. The van der Waals surface area contributed by atoms with Gasteiger partial charge in [-0.2, -0.15) is 5.10 Å². The highest BCUT2D eigenvalue weighted by Gasteiger charge is 2.38. The largest absolute Gasteiger partial charge is 0.342 e. The first-order chi connectivity index (χ1) is 11.7. The molecule has 24 heavy (non-hydrogen) atoms. The Bertz CT molecular complexity index is 605. The predicted molar refractivity (Wildman–Crippen MR) is 92.8 cm³/mol. The van der Waals surface area contributed by atoms with E-state index >= 15 is 0 Å². The topological polar surface area (TPSA) is 55.5 Å². The van der Waals surface area contributed by atoms with Gasteiger partial charge in [0.05, 0.1) is 11.7 Å². The number of likely N-dealkylation sites (tertiary alicyclic amines) is 2. The van der Waals surface area contributed by atoms with Crippen molar-refractivity contribution in [3.8, 4) is 0 Å². The molecule has 0 radical (unpaired) electrons. The second-order valence-electron chi connectivity index (χ2n) is 7.59. The number of carbonyl (C=O) groups is 1. The summed E-state index contributed by atoms with van der Waals surface area (Å²) >= 11 is 0. The number of nitrogens with zero attached hydrogens (tertiary/aromatic N) is 4. The van der Waals surface area contributed by atoms with Crippen molar-refractivity contribution in [3.05, 3.63) is 17.0 Å². The van der Waals surface area contributed by atoms with Crippen molar-refractivity contribution in [1.29, 1.82) is 0 Å². The number of hydrogen-bond acceptors (Lipinski definition) is 4. The van der Waals surface area contributed by atoms with E-state index in [4.69, 9.17) is 5.10 Å². The first kappa shape index (κ1) is 16.1. The minimum absolute atomic E-state index is 0.0818. The molecule has 0 bridgehead atoms. The van der Waals surface area contributed by atoms with Crippen LogP contribution >= 0.6 is 0 Å². The molecule has 0 saturated carbocycles. The lowest BCUT2D eigenvalue weighted by Gasteiger charge is -2.33. The van der Waals surface area contributed by atoms with Crippen LogP contribution < -0.4 is 0 Å². The van der Waals surface area contributed by atoms with Crippen LogP contribution in [-0.4, -0.2) is 76.6 Å². The van der Waals surface area contributed by atoms with Crippen LogP contribution in [-0.2, 0) is 17.8 Å². The molecule has 4 rings (SSSR count). The zero-order chi connectivity index (χ0) is 16.7. The molecular weight excluding hydrogens is 302 g/mol. The van der Waals surface area contributed by atoms with Gasteiger partial charge in [-0.15, -0.1) is 0 Å². The lowest BCUT2D eigenvalue weighted by molar-refractivity contribution is -0.132. The molecule has 2 saturated heterocycles. The molecule has 1 atom stereocenters. The summed E-state index contributed by atoms with van der Waals surface area (Å²) in [6.45, 7) is 7.99. The van der Waals surface area contributed by atoms with Crippen LogP contribution in [0.25, 0.3) is 0 Å². The number of fused-ring (bicyclic) bond motifs is 1. The van der Waals surface area contributed by atoms with Gasteiger partial charge in [-0.25, -0.2) is 0 Å². The van der Waals surface area contributed by atoms with Gasteiger partial charge < -0.3 is 9.80 Å². The van der Waals surface area contributed by atoms with E-state index in [2.05, 4.69) is 28.9 Å². The van der Waals surface area contributed by atoms with Gasteiger partial charge in [-0.05, 0) is 46.3 Å². The summed E-state index contributed by atoms with van der Waals surface area (Å²) in [6.07, 6.45) is 4.35. The highest BCUT2D eigenvalue weighted by atomic mass is 16.2. The average Bonchev–Trinajstić information content (AvgIpc) is 3.18. The highest BCUT2D eigenvalue weighted by molar-refractivity contribution is 5.84. The van der Waals surface area contributed by atoms with Crippen molar-refractivity contribution in [2.45, 2.75) is 51.1 Å². The molecule has 2 fully saturated rings. The molecule has 0 spiro atoms. The fraction of sp³-hybridized carbons (Fsp3) is 0.778. The Kier molecular flexibility index (Phi) is 4.35. The molecule has 1 aromatic rings. The van der Waals surface area contributed by atoms with Gasteiger partial charge in [0.15, 0.2) is 0 Å². The first-order valence-electron chi connectivity index (χ1n) is 9.44. The number of nitrogens with one attached hydrogen (secondary N) is 1. The number of amides is 1. The van der Waals surface area contributed by atoms with Crippen molar-refractivity contribution in [1.82, 2.24) is 24.9 Å². The quantitative estimate of drug-likeness (QED) is 0.904. The van der Waals surface area contributed by atoms with Gasteiger partial charge in [0.1, 0.15) is 0 Å². The van der Waals surface area contributed by atoms with E-state index < -0.39 is 0 Å². The number of carbonyl (C=O) groups excluding carboxylic acids is 1. The Labute approximate surface area is 144 Å². The predicted octanol–water partition coefficient (Wildman–Crippen LogP) is 1.20. The second-order valence-corrected chi connectivity index (χ2v) is 7.59. The minimum Gasteiger partial charge on any atom is -0.342 e. The maximum atomic E-state index is 12.6. The van der Waals surface area contributed by atoms with Gasteiger partial charge >= 0.3 is 0 Å². The summed E-state index contributed by atoms with van der Waals surface area (Å²) in [6, 6.07) is 0.0818. The summed E-state index contributed by atoms with van der Waals surface area (Å²) in [7, 11) is 2.20. The monoisotopic (exact) mass is 331 g/mol. The van der Waals surface area contributed by atoms with Gasteiger partial charge in [-0.1, -0.05) is 0 Å². The minimum atomic E-state index is 0.0818. The Morgan fingerprint density at radius 1 is 1.17 bits per heavy atom. The molecule has 4 heterocycles. The lowest BCUT2D eigenvalue weighted by Crippen LogP contribution is -2.44. The maximum absolute atomic E-state index is 12.6. The van der Waals surface area contributed by atoms with Crippen molar-refractivity contribution >= 4 is 5.91 Å². The number of H-pyrrole nitrogens is 1. The Balaban J connectivity index is 1.50. The summed E-state index contributed by atoms with van der Waals surface area (Å²) in [5.41, 5.74) is 3.97. The Morgan fingerprint density at radius 3 is 2.67 bits per heavy atom. The number of aromatic nitrogens is 2. The molecule has 132 valence electrons. The third kappa shape index (κ3) is 2.75. The first-order valence-corrected chi connectivity index (χ1v) is 9.44. The molecule has 1 amide bonds. The van der Waals surface area contributed by atoms with Crippen LogP contribution in [0.2, 0.25) is 0 Å². The number of hydrogen-bond donors (Lipinski definition) is 1. The van der Waals surface area contributed by atoms with Gasteiger partial charge in [0, 0.05) is 49.8 Å². The molecule has 0 aliphatic carbocycles. The van der Waals surface area contributed by atoms with E-state index in [0.717, 1.165) is 52.1 Å². The van der Waals surface area contributed by atoms with Crippen LogP contribution in [0.3, 0.4) is 0 Å². The zero-order valence-electron chi connectivity index (χ0n) is 14.9. The molecule has 1 aromatic heterocycles. The number of aromatic amines is 1. The second kappa shape index (κ2) is 6.48. The van der Waals surface area contributed by atoms with E-state index in [1.54, 1.807) is 0 Å². The highest BCUT2D eigenvalue weighted by Crippen LogP contribution is 2.33. The molecule has 3 aliphatic heterocycles. The van der Waals surface area contributed by atoms with Crippen molar-refractivity contribution in [2.75, 3.05) is 39.8 Å². The Morgan fingerprint density at radius 2 is 1.96 bits per heavy atom. The summed E-state index contributed by atoms with van der Waals surface area (Å²) in [5, 5.41) is 7.98. The van der Waals surface area contributed by atoms with Crippen LogP contribution in [0.15, 0.2) is 0 Å². The maximum Gasteiger partial charge on any atom is 0.239 e. The average molecular weight is 331 g/mol. The van der Waals surface area contributed by atoms with Crippen molar-refractivity contribution in [2.24, 2.45) is 0 Å². The number of piperidine rings is 1. The third-order valence-corrected chi connectivity index (χ3v) is 6.19. The lowest BCUT2D eigenvalue weighted by atomic mass is 9.89. The van der Waals surface area contributed by atoms with E-state index in [0.29, 0.717) is 11.8 Å². The van der Waals surface area contributed by atoms with Crippen molar-refractivity contribution < 1.29 is 4.79 Å². The summed E-state index contributed by atoms with van der Waals surface area (Å²) < 4.78 is 0. The molecule has 0 aromatic carbocycles. The SMILES string of the molecule is CCN1CCC(N2CCc3[nH]nc(C4CCN(C)CC4)c3C2)C1=O. The van der Waals surface area contributed by atoms with E-state index in [1.807, 2.05) is 4.90 Å². The van der Waals surface area contributed by atoms with Crippen molar-refractivity contribution in [3.63, 3.8) is 0 Å². The molecule has 1 N–H and O–H groups in total. The molecular formula is C18H29N5O. The summed E-state index contributed by atoms with van der Waals surface area (Å²) in [4.78, 5) is 19.4. The fourth-order valence-electron chi connectivity index (χ4n) is 4.60. The number of likely N-dealkylation sites (N-methyl/N-ethyl adjacent to an activating group) is 1. The van der Waals surface area contributed by atoms with Crippen LogP contribution in [0.5, 0.6) is 0 Å². The van der Waals surface area contributed by atoms with Gasteiger partial charge in [0.2, 0.25) is 5.91 Å². The van der Waals surface area contributed by atoms with Crippen LogP contribution in [0.1, 0.15) is 49.1 Å². The standard InChI is InChI=1S/C18H29N5O/c1-3-22-11-7-16(18(22)24)23-10-6-15-14(12-23)17(20-19-15)13-4-8-21(2)9-5-13/h13,16H,3-12H2,1-2H3,(H,19,20). The van der Waals surface area contributed by atoms with Gasteiger partial charge in [-0.3, -0.25) is 14.8 Å². The van der Waals surface area contributed by atoms with Gasteiger partial charge in [0.25, 0.3) is 0 Å². The molecule has 1 unspecified atom stereocenters. The Hall–Kier alpha value is -1.40. The molecule has 3 aliphatic rings. The number of rotatable bonds is 3. The third-order valence-electron chi connectivity index (χ3n) is 6.19. The molecule has 6 nitrogen and oxygen atoms in total. The normalized spacial score (nSPS) is 27.0. The van der Waals surface area contributed by atoms with Crippen LogP contribution in [0, 0.1) is 0 Å². The van der Waals surface area contributed by atoms with E-state index in [-0.39, 0.29) is 6.04 Å². The van der Waals surface area contributed by atoms with Crippen LogP contribution in [0.4, 0.5) is 0 Å². The zero-order valence-corrected chi connectivity index (χ0v) is 14.9. The van der Waals surface area contributed by atoms with E-state index in [9.17, 15) is 4.79 Å². The summed E-state index contributed by atoms with van der Waals surface area (Å²) in [5.74, 6) is 0.901. The fourth-order valence-corrected chi connectivity index (χ4v) is 4.60.